The molecule has 0 amide bonds. The van der Waals surface area contributed by atoms with Gasteiger partial charge in [-0.15, -0.1) is 11.3 Å². The maximum absolute atomic E-state index is 5.03. The number of rotatable bonds is 1. The van der Waals surface area contributed by atoms with E-state index in [9.17, 15) is 0 Å². The first-order chi connectivity index (χ1) is 12.9. The van der Waals surface area contributed by atoms with Crippen LogP contribution in [0.4, 0.5) is 11.4 Å². The first kappa shape index (κ1) is 14.1. The first-order valence-corrected chi connectivity index (χ1v) is 9.57. The van der Waals surface area contributed by atoms with E-state index >= 15 is 0 Å². The summed E-state index contributed by atoms with van der Waals surface area (Å²) < 4.78 is 1.30. The van der Waals surface area contributed by atoms with Gasteiger partial charge in [-0.2, -0.15) is 5.10 Å². The zero-order valence-electron chi connectivity index (χ0n) is 14.0. The van der Waals surface area contributed by atoms with Crippen LogP contribution in [0.25, 0.3) is 21.2 Å². The van der Waals surface area contributed by atoms with E-state index in [0.29, 0.717) is 0 Å². The molecule has 0 bridgehead atoms. The summed E-state index contributed by atoms with van der Waals surface area (Å²) in [5.74, 6) is 1.04. The number of fused-ring (bicyclic) bond motifs is 7. The lowest BCUT2D eigenvalue weighted by atomic mass is 9.93. The molecule has 0 radical (unpaired) electrons. The van der Waals surface area contributed by atoms with Gasteiger partial charge in [-0.25, -0.2) is 5.01 Å². The molecule has 1 aromatic heterocycles. The molecule has 2 aliphatic rings. The van der Waals surface area contributed by atoms with Crippen molar-refractivity contribution < 1.29 is 0 Å². The predicted octanol–water partition coefficient (Wildman–Crippen LogP) is 5.53. The van der Waals surface area contributed by atoms with Gasteiger partial charge in [-0.3, -0.25) is 0 Å². The molecular weight excluding hydrogens is 338 g/mol. The number of thiophene rings is 1. The third kappa shape index (κ3) is 1.85. The zero-order valence-corrected chi connectivity index (χ0v) is 14.8. The van der Waals surface area contributed by atoms with Crippen molar-refractivity contribution >= 4 is 38.6 Å². The van der Waals surface area contributed by atoms with Crippen LogP contribution in [-0.4, -0.2) is 12.5 Å². The summed E-state index contributed by atoms with van der Waals surface area (Å²) in [6, 6.07) is 25.7. The Morgan fingerprint density at radius 1 is 0.731 bits per heavy atom. The summed E-state index contributed by atoms with van der Waals surface area (Å²) in [5.41, 5.74) is 6.15. The molecule has 0 fully saturated rings. The Bertz CT molecular complexity index is 1190. The molecule has 0 atom stereocenters. The van der Waals surface area contributed by atoms with Crippen molar-refractivity contribution in [2.24, 2.45) is 5.10 Å². The summed E-state index contributed by atoms with van der Waals surface area (Å²) in [5, 5.41) is 10.6. The lowest BCUT2D eigenvalue weighted by Crippen LogP contribution is -2.34. The zero-order chi connectivity index (χ0) is 17.1. The van der Waals surface area contributed by atoms with Gasteiger partial charge in [0.1, 0.15) is 6.67 Å². The summed E-state index contributed by atoms with van der Waals surface area (Å²) in [6.07, 6.45) is 0. The van der Waals surface area contributed by atoms with Gasteiger partial charge >= 0.3 is 0 Å². The molecule has 0 aliphatic carbocycles. The normalized spacial score (nSPS) is 14.8. The third-order valence-electron chi connectivity index (χ3n) is 5.14. The highest BCUT2D eigenvalue weighted by atomic mass is 32.1. The van der Waals surface area contributed by atoms with Crippen molar-refractivity contribution in [1.82, 2.24) is 0 Å². The summed E-state index contributed by atoms with van der Waals surface area (Å²) in [4.78, 5) is 2.32. The van der Waals surface area contributed by atoms with E-state index in [1.165, 1.54) is 38.2 Å². The molecule has 4 aromatic rings. The van der Waals surface area contributed by atoms with E-state index < -0.39 is 0 Å². The molecule has 0 saturated heterocycles. The lowest BCUT2D eigenvalue weighted by molar-refractivity contribution is 0.919. The Morgan fingerprint density at radius 2 is 1.46 bits per heavy atom. The first-order valence-electron chi connectivity index (χ1n) is 8.69. The number of benzene rings is 3. The van der Waals surface area contributed by atoms with Crippen molar-refractivity contribution in [3.63, 3.8) is 0 Å². The fourth-order valence-corrected chi connectivity index (χ4v) is 4.88. The molecule has 3 heterocycles. The topological polar surface area (TPSA) is 18.8 Å². The summed E-state index contributed by atoms with van der Waals surface area (Å²) >= 11 is 1.78. The van der Waals surface area contributed by atoms with Crippen LogP contribution in [0.5, 0.6) is 0 Å². The van der Waals surface area contributed by atoms with Gasteiger partial charge in [0, 0.05) is 26.6 Å². The van der Waals surface area contributed by atoms with Crippen LogP contribution in [0.2, 0.25) is 0 Å². The van der Waals surface area contributed by atoms with Crippen LogP contribution in [0, 0.1) is 0 Å². The molecule has 26 heavy (non-hydrogen) atoms. The van der Waals surface area contributed by atoms with E-state index in [4.69, 9.17) is 5.10 Å². The number of amidine groups is 1. The Balaban J connectivity index is 1.55. The lowest BCUT2D eigenvalue weighted by Gasteiger charge is -2.29. The number of hydrazone groups is 1. The average Bonchev–Trinajstić information content (AvgIpc) is 3.33. The Kier molecular flexibility index (Phi) is 2.82. The largest absolute Gasteiger partial charge is 0.304 e. The smallest absolute Gasteiger partial charge is 0.163 e. The van der Waals surface area contributed by atoms with Gasteiger partial charge < -0.3 is 4.90 Å². The molecule has 4 heteroatoms. The standard InChI is InChI=1S/C22H15N3S/c1-2-9-17-15(7-1)16-8-3-5-11-19(16)24-14-25(23-22(17)24)20-13-26-21-12-6-4-10-18(20)21/h1-13H,14H2. The fraction of sp³-hybridized carbons (Fsp3) is 0.0455. The second kappa shape index (κ2) is 5.19. The SMILES string of the molecule is c1ccc2c(c1)C1=NN(c3csc4ccccc34)CN1c1ccccc1-2. The Labute approximate surface area is 155 Å². The highest BCUT2D eigenvalue weighted by Gasteiger charge is 2.34. The highest BCUT2D eigenvalue weighted by molar-refractivity contribution is 7.17. The second-order valence-corrected chi connectivity index (χ2v) is 7.48. The highest BCUT2D eigenvalue weighted by Crippen LogP contribution is 2.43. The Morgan fingerprint density at radius 3 is 2.38 bits per heavy atom. The number of nitrogens with zero attached hydrogens (tertiary/aromatic N) is 3. The van der Waals surface area contributed by atoms with Crippen molar-refractivity contribution in [2.45, 2.75) is 0 Å². The maximum Gasteiger partial charge on any atom is 0.163 e. The van der Waals surface area contributed by atoms with Gasteiger partial charge in [0.2, 0.25) is 0 Å². The minimum absolute atomic E-state index is 0.738. The van der Waals surface area contributed by atoms with Gasteiger partial charge in [0.25, 0.3) is 0 Å². The fourth-order valence-electron chi connectivity index (χ4n) is 3.93. The molecule has 0 N–H and O–H groups in total. The predicted molar refractivity (Wildman–Crippen MR) is 110 cm³/mol. The van der Waals surface area contributed by atoms with Crippen LogP contribution < -0.4 is 9.91 Å². The van der Waals surface area contributed by atoms with Gasteiger partial charge in [0.05, 0.1) is 11.4 Å². The molecule has 0 unspecified atom stereocenters. The number of anilines is 2. The quantitative estimate of drug-likeness (QED) is 0.448. The molecule has 6 rings (SSSR count). The monoisotopic (exact) mass is 353 g/mol. The molecular formula is C22H15N3S. The van der Waals surface area contributed by atoms with E-state index in [-0.39, 0.29) is 0 Å². The van der Waals surface area contributed by atoms with Gasteiger partial charge in [-0.05, 0) is 17.7 Å². The van der Waals surface area contributed by atoms with E-state index in [1.807, 2.05) is 0 Å². The molecule has 0 saturated carbocycles. The van der Waals surface area contributed by atoms with Crippen molar-refractivity contribution in [1.29, 1.82) is 0 Å². The average molecular weight is 353 g/mol. The number of para-hydroxylation sites is 1. The molecule has 0 spiro atoms. The maximum atomic E-state index is 5.03. The van der Waals surface area contributed by atoms with Crippen LogP contribution >= 0.6 is 11.3 Å². The number of hydrogen-bond donors (Lipinski definition) is 0. The molecule has 124 valence electrons. The van der Waals surface area contributed by atoms with Crippen LogP contribution in [-0.2, 0) is 0 Å². The van der Waals surface area contributed by atoms with E-state index in [1.54, 1.807) is 11.3 Å². The number of hydrogen-bond acceptors (Lipinski definition) is 4. The van der Waals surface area contributed by atoms with E-state index in [2.05, 4.69) is 88.1 Å². The molecule has 2 aliphatic heterocycles. The van der Waals surface area contributed by atoms with Crippen LogP contribution in [0.15, 0.2) is 83.3 Å². The third-order valence-corrected chi connectivity index (χ3v) is 6.09. The van der Waals surface area contributed by atoms with Gasteiger partial charge in [-0.1, -0.05) is 60.7 Å². The minimum atomic E-state index is 0.738. The van der Waals surface area contributed by atoms with Gasteiger partial charge in [0.15, 0.2) is 5.84 Å². The molecule has 3 aromatic carbocycles. The van der Waals surface area contributed by atoms with Crippen molar-refractivity contribution in [2.75, 3.05) is 16.6 Å². The van der Waals surface area contributed by atoms with E-state index in [0.717, 1.165) is 12.5 Å². The van der Waals surface area contributed by atoms with Crippen LogP contribution in [0.1, 0.15) is 5.56 Å². The summed E-state index contributed by atoms with van der Waals surface area (Å²) in [7, 11) is 0. The Hall–Kier alpha value is -3.11. The summed E-state index contributed by atoms with van der Waals surface area (Å²) in [6.45, 7) is 0.738. The van der Waals surface area contributed by atoms with Crippen molar-refractivity contribution in [3.05, 3.63) is 83.7 Å². The minimum Gasteiger partial charge on any atom is -0.304 e. The van der Waals surface area contributed by atoms with Crippen LogP contribution in [0.3, 0.4) is 0 Å². The molecule has 3 nitrogen and oxygen atoms in total. The second-order valence-electron chi connectivity index (χ2n) is 6.57. The van der Waals surface area contributed by atoms with Crippen molar-refractivity contribution in [3.8, 4) is 11.1 Å².